The molecule has 0 radical (unpaired) electrons. The molecule has 0 aliphatic carbocycles. The van der Waals surface area contributed by atoms with Crippen LogP contribution in [0.3, 0.4) is 0 Å². The van der Waals surface area contributed by atoms with Crippen LogP contribution < -0.4 is 4.18 Å². The van der Waals surface area contributed by atoms with Gasteiger partial charge in [-0.2, -0.15) is 43.2 Å². The topological polar surface area (TPSA) is 115 Å². The molecule has 0 fully saturated rings. The first-order valence-corrected chi connectivity index (χ1v) is 8.67. The molecule has 1 N–H and O–H groups in total. The summed E-state index contributed by atoms with van der Waals surface area (Å²) in [5.41, 5.74) is -0.815. The van der Waals surface area contributed by atoms with Crippen LogP contribution in [-0.4, -0.2) is 44.1 Å². The van der Waals surface area contributed by atoms with Crippen molar-refractivity contribution in [2.24, 2.45) is 0 Å². The van der Waals surface area contributed by atoms with E-state index in [4.69, 9.17) is 4.55 Å². The van der Waals surface area contributed by atoms with E-state index < -0.39 is 59.6 Å². The largest absolute Gasteiger partial charge is 0.450 e. The molecule has 0 amide bonds. The van der Waals surface area contributed by atoms with Crippen molar-refractivity contribution in [1.29, 1.82) is 0 Å². The van der Waals surface area contributed by atoms with Crippen LogP contribution in [0.25, 0.3) is 0 Å². The molecule has 0 spiro atoms. The minimum atomic E-state index is -7.39. The summed E-state index contributed by atoms with van der Waals surface area (Å²) < 4.78 is 160. The molecule has 0 aromatic heterocycles. The Balaban J connectivity index is 3.53. The zero-order valence-corrected chi connectivity index (χ0v) is 13.6. The smallest absolute Gasteiger partial charge is 0.372 e. The monoisotopic (exact) mass is 452 g/mol. The maximum absolute atomic E-state index is 13.5. The van der Waals surface area contributed by atoms with Crippen molar-refractivity contribution in [1.82, 2.24) is 0 Å². The summed E-state index contributed by atoms with van der Waals surface area (Å²) in [6, 6.07) is 0.0357. The molecule has 0 bridgehead atoms. The summed E-state index contributed by atoms with van der Waals surface area (Å²) in [7, 11) is -14.7. The molecule has 27 heavy (non-hydrogen) atoms. The number of benzene rings is 1. The first-order valence-electron chi connectivity index (χ1n) is 5.82. The summed E-state index contributed by atoms with van der Waals surface area (Å²) in [6.07, 6.45) is -0.195. The van der Waals surface area contributed by atoms with Gasteiger partial charge in [-0.1, -0.05) is 0 Å². The van der Waals surface area contributed by atoms with Crippen LogP contribution >= 0.6 is 0 Å². The van der Waals surface area contributed by atoms with Gasteiger partial charge in [-0.3, -0.25) is 9.35 Å². The molecule has 0 atom stereocenters. The normalized spacial score (nSPS) is 14.1. The number of hydrogen-bond donors (Lipinski definition) is 1. The third kappa shape index (κ3) is 3.57. The number of alkyl halides is 6. The summed E-state index contributed by atoms with van der Waals surface area (Å²) in [5.74, 6) is -14.0. The molecule has 0 aliphatic heterocycles. The molecule has 1 rings (SSSR count). The molecule has 17 heteroatoms. The van der Waals surface area contributed by atoms with Gasteiger partial charge in [0.15, 0.2) is 11.6 Å². The Labute approximate surface area is 144 Å². The summed E-state index contributed by atoms with van der Waals surface area (Å²) in [6.45, 7) is 0. The van der Waals surface area contributed by atoms with Crippen molar-refractivity contribution < 1.29 is 65.5 Å². The Bertz CT molecular complexity index is 948. The Morgan fingerprint density at radius 3 is 1.63 bits per heavy atom. The van der Waals surface area contributed by atoms with Gasteiger partial charge < -0.3 is 4.18 Å². The second-order valence-corrected chi connectivity index (χ2v) is 7.60. The fraction of sp³-hybridized carbons (Fsp3) is 0.300. The van der Waals surface area contributed by atoms with Gasteiger partial charge in [0.2, 0.25) is 5.75 Å². The molecule has 0 heterocycles. The van der Waals surface area contributed by atoms with Crippen molar-refractivity contribution >= 4 is 26.5 Å². The lowest BCUT2D eigenvalue weighted by atomic mass is 10.2. The quantitative estimate of drug-likeness (QED) is 0.292. The van der Waals surface area contributed by atoms with E-state index in [1.165, 1.54) is 0 Å². The lowest BCUT2D eigenvalue weighted by Crippen LogP contribution is -2.61. The first kappa shape index (κ1) is 23.0. The minimum absolute atomic E-state index is 0.0179. The highest BCUT2D eigenvalue weighted by Crippen LogP contribution is 2.51. The highest BCUT2D eigenvalue weighted by atomic mass is 32.2. The molecule has 0 aliphatic rings. The first-order chi connectivity index (χ1) is 11.8. The Hall–Kier alpha value is -2.01. The molecule has 1 aromatic rings. The van der Waals surface area contributed by atoms with Gasteiger partial charge in [0.25, 0.3) is 0 Å². The number of carbonyl (C=O) groups excluding carboxylic acids is 1. The van der Waals surface area contributed by atoms with Crippen LogP contribution in [0.15, 0.2) is 12.1 Å². The van der Waals surface area contributed by atoms with E-state index in [-0.39, 0.29) is 18.4 Å². The molecule has 0 saturated heterocycles. The second kappa shape index (κ2) is 6.55. The molecule has 154 valence electrons. The maximum Gasteiger partial charge on any atom is 0.450 e. The van der Waals surface area contributed by atoms with E-state index in [0.29, 0.717) is 0 Å². The van der Waals surface area contributed by atoms with Crippen LogP contribution in [0.5, 0.6) is 5.75 Å². The van der Waals surface area contributed by atoms with E-state index in [9.17, 15) is 56.8 Å². The zero-order chi connectivity index (χ0) is 21.6. The van der Waals surface area contributed by atoms with E-state index >= 15 is 0 Å². The van der Waals surface area contributed by atoms with Crippen molar-refractivity contribution in [2.45, 2.75) is 16.4 Å². The van der Waals surface area contributed by atoms with E-state index in [2.05, 4.69) is 4.18 Å². The van der Waals surface area contributed by atoms with Crippen molar-refractivity contribution in [2.75, 3.05) is 0 Å². The Kier molecular flexibility index (Phi) is 5.59. The molecule has 1 aromatic carbocycles. The van der Waals surface area contributed by atoms with Crippen LogP contribution in [0.1, 0.15) is 10.4 Å². The number of hydrogen-bond acceptors (Lipinski definition) is 6. The molecule has 0 saturated carbocycles. The fourth-order valence-electron chi connectivity index (χ4n) is 1.38. The molecular weight excluding hydrogens is 448 g/mol. The average molecular weight is 452 g/mol. The predicted octanol–water partition coefficient (Wildman–Crippen LogP) is 2.19. The molecular formula is C10H4F8O7S2. The summed E-state index contributed by atoms with van der Waals surface area (Å²) in [4.78, 5) is 10.3. The number of aldehydes is 1. The van der Waals surface area contributed by atoms with Gasteiger partial charge in [-0.25, -0.2) is 8.78 Å². The van der Waals surface area contributed by atoms with E-state index in [1.54, 1.807) is 0 Å². The van der Waals surface area contributed by atoms with Crippen molar-refractivity contribution in [3.63, 3.8) is 0 Å². The van der Waals surface area contributed by atoms with Crippen LogP contribution in [0.2, 0.25) is 0 Å². The summed E-state index contributed by atoms with van der Waals surface area (Å²) >= 11 is 0. The third-order valence-electron chi connectivity index (χ3n) is 2.72. The second-order valence-electron chi connectivity index (χ2n) is 4.55. The molecule has 0 unspecified atom stereocenters. The lowest BCUT2D eigenvalue weighted by Gasteiger charge is -2.29. The Morgan fingerprint density at radius 2 is 1.30 bits per heavy atom. The van der Waals surface area contributed by atoms with Crippen LogP contribution in [0, 0.1) is 11.6 Å². The zero-order valence-electron chi connectivity index (χ0n) is 12.0. The highest BCUT2D eigenvalue weighted by molar-refractivity contribution is 7.88. The average Bonchev–Trinajstić information content (AvgIpc) is 2.48. The third-order valence-corrected chi connectivity index (χ3v) is 4.89. The standard InChI is InChI=1S/C10H4F8O7S2/c11-5-1-4(3-19)2-6(12)7(5)25-27(23,24)10(17,18)8(13,14)9(15,16)26(20,21)22/h1-3H,(H,20,21,22). The minimum Gasteiger partial charge on any atom is -0.372 e. The maximum atomic E-state index is 13.5. The number of halogens is 8. The van der Waals surface area contributed by atoms with E-state index in [1.807, 2.05) is 0 Å². The van der Waals surface area contributed by atoms with Gasteiger partial charge in [0.1, 0.15) is 6.29 Å². The van der Waals surface area contributed by atoms with Gasteiger partial charge in [-0.15, -0.1) is 0 Å². The van der Waals surface area contributed by atoms with Gasteiger partial charge >= 0.3 is 36.7 Å². The number of carbonyl (C=O) groups is 1. The van der Waals surface area contributed by atoms with Crippen molar-refractivity contribution in [3.05, 3.63) is 29.3 Å². The van der Waals surface area contributed by atoms with Crippen LogP contribution in [0.4, 0.5) is 35.1 Å². The Morgan fingerprint density at radius 1 is 0.889 bits per heavy atom. The van der Waals surface area contributed by atoms with Crippen molar-refractivity contribution in [3.8, 4) is 5.75 Å². The van der Waals surface area contributed by atoms with Gasteiger partial charge in [0, 0.05) is 5.56 Å². The highest BCUT2D eigenvalue weighted by Gasteiger charge is 2.83. The van der Waals surface area contributed by atoms with Crippen LogP contribution in [-0.2, 0) is 20.2 Å². The number of rotatable bonds is 7. The van der Waals surface area contributed by atoms with E-state index in [0.717, 1.165) is 0 Å². The lowest BCUT2D eigenvalue weighted by molar-refractivity contribution is -0.247. The van der Waals surface area contributed by atoms with Gasteiger partial charge in [0.05, 0.1) is 0 Å². The van der Waals surface area contributed by atoms with Gasteiger partial charge in [-0.05, 0) is 12.1 Å². The SMILES string of the molecule is O=Cc1cc(F)c(OS(=O)(=O)C(F)(F)C(F)(F)C(F)(F)S(=O)(=O)O)c(F)c1. The predicted molar refractivity (Wildman–Crippen MR) is 67.7 cm³/mol. The fourth-order valence-corrected chi connectivity index (χ4v) is 2.82. The molecule has 7 nitrogen and oxygen atoms in total. The summed E-state index contributed by atoms with van der Waals surface area (Å²) in [5, 5.41) is -14.2.